The number of anilines is 1. The zero-order chi connectivity index (χ0) is 26.8. The van der Waals surface area contributed by atoms with E-state index in [9.17, 15) is 9.59 Å². The lowest BCUT2D eigenvalue weighted by Crippen LogP contribution is -2.23. The second-order valence-corrected chi connectivity index (χ2v) is 11.2. The van der Waals surface area contributed by atoms with Crippen LogP contribution in [0, 0.1) is 0 Å². The minimum absolute atomic E-state index is 0.293. The molecule has 0 bridgehead atoms. The Hall–Kier alpha value is -3.88. The molecule has 3 aromatic carbocycles. The SMILES string of the molecule is O=C(COC(=O)c1c2c(nc3ccccc13)CCC(c1ccccc1)C2)Nc1nc(-c2ccc(Br)cc2)cs1. The van der Waals surface area contributed by atoms with Gasteiger partial charge in [0.2, 0.25) is 0 Å². The van der Waals surface area contributed by atoms with Crippen molar-refractivity contribution in [3.8, 4) is 11.3 Å². The smallest absolute Gasteiger partial charge is 0.339 e. The van der Waals surface area contributed by atoms with E-state index in [0.717, 1.165) is 50.7 Å². The summed E-state index contributed by atoms with van der Waals surface area (Å²) in [7, 11) is 0. The minimum atomic E-state index is -0.511. The van der Waals surface area contributed by atoms with Crippen molar-refractivity contribution in [3.63, 3.8) is 0 Å². The van der Waals surface area contributed by atoms with Crippen LogP contribution in [0.25, 0.3) is 22.2 Å². The van der Waals surface area contributed by atoms with Crippen molar-refractivity contribution in [3.05, 3.63) is 111 Å². The average Bonchev–Trinajstić information content (AvgIpc) is 3.43. The van der Waals surface area contributed by atoms with Crippen LogP contribution >= 0.6 is 27.3 Å². The molecule has 1 amide bonds. The number of benzene rings is 3. The lowest BCUT2D eigenvalue weighted by molar-refractivity contribution is -0.119. The molecule has 0 saturated carbocycles. The number of ether oxygens (including phenoxy) is 1. The Morgan fingerprint density at radius 3 is 2.56 bits per heavy atom. The summed E-state index contributed by atoms with van der Waals surface area (Å²) in [4.78, 5) is 35.6. The summed E-state index contributed by atoms with van der Waals surface area (Å²) in [6, 6.07) is 25.8. The van der Waals surface area contributed by atoms with Crippen LogP contribution in [0.3, 0.4) is 0 Å². The Balaban J connectivity index is 1.20. The summed E-state index contributed by atoms with van der Waals surface area (Å²) in [5, 5.41) is 5.82. The molecule has 1 aliphatic carbocycles. The largest absolute Gasteiger partial charge is 0.452 e. The Morgan fingerprint density at radius 1 is 0.974 bits per heavy atom. The van der Waals surface area contributed by atoms with Gasteiger partial charge in [-0.15, -0.1) is 11.3 Å². The molecular formula is C31H24BrN3O3S. The van der Waals surface area contributed by atoms with Crippen molar-refractivity contribution in [2.45, 2.75) is 25.2 Å². The minimum Gasteiger partial charge on any atom is -0.452 e. The van der Waals surface area contributed by atoms with E-state index in [-0.39, 0.29) is 0 Å². The van der Waals surface area contributed by atoms with Crippen LogP contribution in [0.2, 0.25) is 0 Å². The molecule has 0 fully saturated rings. The number of carbonyl (C=O) groups is 2. The number of esters is 1. The standard InChI is InChI=1S/C31H24BrN3O3S/c32-22-13-10-20(11-14-22)27-18-39-31(34-27)35-28(36)17-38-30(37)29-23-8-4-5-9-25(23)33-26-15-12-21(16-24(26)29)19-6-2-1-3-7-19/h1-11,13-14,18,21H,12,15-17H2,(H,34,35,36). The van der Waals surface area contributed by atoms with E-state index in [4.69, 9.17) is 9.72 Å². The molecule has 194 valence electrons. The summed E-state index contributed by atoms with van der Waals surface area (Å²) < 4.78 is 6.56. The number of amides is 1. The molecule has 1 atom stereocenters. The summed E-state index contributed by atoms with van der Waals surface area (Å²) >= 11 is 4.75. The number of hydrogen-bond acceptors (Lipinski definition) is 6. The summed E-state index contributed by atoms with van der Waals surface area (Å²) in [5.74, 6) is -0.654. The first kappa shape index (κ1) is 25.4. The average molecular weight is 599 g/mol. The van der Waals surface area contributed by atoms with E-state index in [1.807, 2.05) is 72.1 Å². The number of rotatable bonds is 6. The number of nitrogens with zero attached hydrogens (tertiary/aromatic N) is 2. The van der Waals surface area contributed by atoms with Crippen molar-refractivity contribution in [2.24, 2.45) is 0 Å². The third-order valence-electron chi connectivity index (χ3n) is 6.96. The molecule has 0 saturated heterocycles. The van der Waals surface area contributed by atoms with Gasteiger partial charge in [-0.3, -0.25) is 15.1 Å². The number of para-hydroxylation sites is 1. The number of aromatic nitrogens is 2. The maximum absolute atomic E-state index is 13.5. The quantitative estimate of drug-likeness (QED) is 0.209. The normalized spacial score (nSPS) is 14.5. The third-order valence-corrected chi connectivity index (χ3v) is 8.25. The van der Waals surface area contributed by atoms with E-state index in [2.05, 4.69) is 38.4 Å². The molecule has 1 unspecified atom stereocenters. The third kappa shape index (κ3) is 5.48. The molecule has 2 aromatic heterocycles. The Bertz CT molecular complexity index is 1670. The van der Waals surface area contributed by atoms with Crippen molar-refractivity contribution < 1.29 is 14.3 Å². The van der Waals surface area contributed by atoms with Gasteiger partial charge >= 0.3 is 5.97 Å². The van der Waals surface area contributed by atoms with Gasteiger partial charge in [-0.1, -0.05) is 76.6 Å². The number of pyridine rings is 1. The number of aryl methyl sites for hydroxylation is 1. The number of halogens is 1. The van der Waals surface area contributed by atoms with Crippen LogP contribution in [-0.2, 0) is 22.4 Å². The summed E-state index contributed by atoms with van der Waals surface area (Å²) in [6.07, 6.45) is 2.45. The molecule has 1 N–H and O–H groups in total. The van der Waals surface area contributed by atoms with E-state index in [0.29, 0.717) is 23.0 Å². The molecule has 39 heavy (non-hydrogen) atoms. The maximum atomic E-state index is 13.5. The van der Waals surface area contributed by atoms with Crippen LogP contribution in [0.4, 0.5) is 5.13 Å². The maximum Gasteiger partial charge on any atom is 0.339 e. The summed E-state index contributed by atoms with van der Waals surface area (Å²) in [6.45, 7) is -0.403. The second kappa shape index (κ2) is 11.1. The molecule has 5 aromatic rings. The second-order valence-electron chi connectivity index (χ2n) is 9.45. The van der Waals surface area contributed by atoms with Crippen LogP contribution in [-0.4, -0.2) is 28.5 Å². The topological polar surface area (TPSA) is 81.2 Å². The highest BCUT2D eigenvalue weighted by Gasteiger charge is 2.28. The van der Waals surface area contributed by atoms with Crippen LogP contribution in [0.5, 0.6) is 0 Å². The Morgan fingerprint density at radius 2 is 1.74 bits per heavy atom. The van der Waals surface area contributed by atoms with Crippen molar-refractivity contribution in [1.82, 2.24) is 9.97 Å². The van der Waals surface area contributed by atoms with Crippen molar-refractivity contribution >= 4 is 55.2 Å². The van der Waals surface area contributed by atoms with Gasteiger partial charge in [-0.2, -0.15) is 0 Å². The van der Waals surface area contributed by atoms with Crippen molar-refractivity contribution in [2.75, 3.05) is 11.9 Å². The fourth-order valence-electron chi connectivity index (χ4n) is 5.07. The first-order valence-corrected chi connectivity index (χ1v) is 14.4. The predicted molar refractivity (Wildman–Crippen MR) is 157 cm³/mol. The van der Waals surface area contributed by atoms with Gasteiger partial charge < -0.3 is 4.74 Å². The van der Waals surface area contributed by atoms with E-state index < -0.39 is 18.5 Å². The number of hydrogen-bond donors (Lipinski definition) is 1. The molecule has 1 aliphatic rings. The van der Waals surface area contributed by atoms with Crippen LogP contribution < -0.4 is 5.32 Å². The highest BCUT2D eigenvalue weighted by molar-refractivity contribution is 9.10. The molecule has 0 spiro atoms. The van der Waals surface area contributed by atoms with E-state index >= 15 is 0 Å². The number of fused-ring (bicyclic) bond motifs is 2. The van der Waals surface area contributed by atoms with Gasteiger partial charge in [-0.25, -0.2) is 9.78 Å². The lowest BCUT2D eigenvalue weighted by Gasteiger charge is -2.26. The molecule has 8 heteroatoms. The Kier molecular flexibility index (Phi) is 7.22. The van der Waals surface area contributed by atoms with Crippen LogP contribution in [0.15, 0.2) is 88.7 Å². The van der Waals surface area contributed by atoms with Gasteiger partial charge in [0.15, 0.2) is 11.7 Å². The molecule has 0 radical (unpaired) electrons. The first-order valence-electron chi connectivity index (χ1n) is 12.7. The first-order chi connectivity index (χ1) is 19.0. The number of nitrogens with one attached hydrogen (secondary N) is 1. The van der Waals surface area contributed by atoms with Gasteiger partial charge in [0.05, 0.1) is 16.8 Å². The number of thiazole rings is 1. The fourth-order valence-corrected chi connectivity index (χ4v) is 6.07. The molecule has 6 rings (SSSR count). The van der Waals surface area contributed by atoms with E-state index in [1.54, 1.807) is 0 Å². The zero-order valence-corrected chi connectivity index (χ0v) is 23.3. The number of carbonyl (C=O) groups excluding carboxylic acids is 2. The van der Waals surface area contributed by atoms with Crippen LogP contribution in [0.1, 0.15) is 39.5 Å². The molecular weight excluding hydrogens is 574 g/mol. The van der Waals surface area contributed by atoms with E-state index in [1.165, 1.54) is 16.9 Å². The Labute approximate surface area is 238 Å². The highest BCUT2D eigenvalue weighted by Crippen LogP contribution is 2.36. The predicted octanol–water partition coefficient (Wildman–Crippen LogP) is 7.19. The lowest BCUT2D eigenvalue weighted by atomic mass is 9.80. The zero-order valence-electron chi connectivity index (χ0n) is 20.9. The molecule has 0 aliphatic heterocycles. The van der Waals surface area contributed by atoms with Gasteiger partial charge in [0.1, 0.15) is 0 Å². The van der Waals surface area contributed by atoms with Gasteiger partial charge in [-0.05, 0) is 54.5 Å². The molecule has 6 nitrogen and oxygen atoms in total. The van der Waals surface area contributed by atoms with Gasteiger partial charge in [0, 0.05) is 26.5 Å². The molecule has 2 heterocycles. The highest BCUT2D eigenvalue weighted by atomic mass is 79.9. The van der Waals surface area contributed by atoms with Crippen molar-refractivity contribution in [1.29, 1.82) is 0 Å². The fraction of sp³-hybridized carbons (Fsp3) is 0.161. The monoisotopic (exact) mass is 597 g/mol. The van der Waals surface area contributed by atoms with Gasteiger partial charge in [0.25, 0.3) is 5.91 Å². The summed E-state index contributed by atoms with van der Waals surface area (Å²) in [5.41, 5.74) is 6.08.